The van der Waals surface area contributed by atoms with Gasteiger partial charge in [-0.25, -0.2) is 0 Å². The summed E-state index contributed by atoms with van der Waals surface area (Å²) < 4.78 is 5.53. The predicted octanol–water partition coefficient (Wildman–Crippen LogP) is 3.28. The molecule has 1 aromatic carbocycles. The van der Waals surface area contributed by atoms with E-state index < -0.39 is 0 Å². The molecule has 0 saturated carbocycles. The van der Waals surface area contributed by atoms with E-state index in [9.17, 15) is 0 Å². The maximum atomic E-state index is 5.53. The average Bonchev–Trinajstić information content (AvgIpc) is 3.10. The van der Waals surface area contributed by atoms with Crippen molar-refractivity contribution >= 4 is 10.9 Å². The van der Waals surface area contributed by atoms with Crippen LogP contribution in [0.15, 0.2) is 36.5 Å². The molecule has 1 atom stereocenters. The van der Waals surface area contributed by atoms with Gasteiger partial charge in [-0.2, -0.15) is 0 Å². The first-order chi connectivity index (χ1) is 10.9. The van der Waals surface area contributed by atoms with Crippen LogP contribution in [0, 0.1) is 5.92 Å². The fraction of sp³-hybridized carbons (Fsp3) is 0.526. The summed E-state index contributed by atoms with van der Waals surface area (Å²) >= 11 is 0. The number of fused-ring (bicyclic) bond motifs is 1. The summed E-state index contributed by atoms with van der Waals surface area (Å²) in [6.45, 7) is 4.37. The highest BCUT2D eigenvalue weighted by atomic mass is 16.5. The van der Waals surface area contributed by atoms with Gasteiger partial charge in [0.2, 0.25) is 0 Å². The molecule has 0 bridgehead atoms. The zero-order valence-corrected chi connectivity index (χ0v) is 13.1. The quantitative estimate of drug-likeness (QED) is 0.869. The van der Waals surface area contributed by atoms with Crippen molar-refractivity contribution in [2.45, 2.75) is 31.7 Å². The van der Waals surface area contributed by atoms with Crippen molar-refractivity contribution in [2.24, 2.45) is 5.92 Å². The summed E-state index contributed by atoms with van der Waals surface area (Å²) in [5.74, 6) is 0.810. The number of likely N-dealkylation sites (tertiary alicyclic amines) is 1. The van der Waals surface area contributed by atoms with E-state index in [4.69, 9.17) is 4.74 Å². The maximum absolute atomic E-state index is 5.53. The van der Waals surface area contributed by atoms with Gasteiger partial charge in [0.05, 0.1) is 12.1 Å². The summed E-state index contributed by atoms with van der Waals surface area (Å²) in [6, 6.07) is 11.4. The largest absolute Gasteiger partial charge is 0.380 e. The van der Waals surface area contributed by atoms with Gasteiger partial charge in [-0.3, -0.25) is 9.88 Å². The summed E-state index contributed by atoms with van der Waals surface area (Å²) in [5.41, 5.74) is 2.59. The van der Waals surface area contributed by atoms with Crippen molar-refractivity contribution in [3.05, 3.63) is 42.1 Å². The van der Waals surface area contributed by atoms with Crippen molar-refractivity contribution in [3.63, 3.8) is 0 Å². The summed E-state index contributed by atoms with van der Waals surface area (Å²) in [7, 11) is 0. The van der Waals surface area contributed by atoms with Crippen molar-refractivity contribution in [2.75, 3.05) is 26.3 Å². The van der Waals surface area contributed by atoms with E-state index in [0.29, 0.717) is 6.04 Å². The third-order valence-corrected chi connectivity index (χ3v) is 5.32. The molecule has 0 amide bonds. The molecule has 2 fully saturated rings. The lowest BCUT2D eigenvalue weighted by Crippen LogP contribution is -2.42. The molecule has 22 heavy (non-hydrogen) atoms. The molecule has 0 unspecified atom stereocenters. The van der Waals surface area contributed by atoms with E-state index in [2.05, 4.69) is 40.2 Å². The molecule has 2 aliphatic rings. The molecule has 0 N–H and O–H groups in total. The minimum Gasteiger partial charge on any atom is -0.380 e. The Morgan fingerprint density at radius 1 is 1.09 bits per heavy atom. The average molecular weight is 296 g/mol. The van der Waals surface area contributed by atoms with Crippen LogP contribution < -0.4 is 0 Å². The first-order valence-corrected chi connectivity index (χ1v) is 8.54. The van der Waals surface area contributed by atoms with E-state index in [1.54, 1.807) is 0 Å². The van der Waals surface area contributed by atoms with Crippen molar-refractivity contribution in [1.29, 1.82) is 0 Å². The van der Waals surface area contributed by atoms with E-state index in [0.717, 1.165) is 24.6 Å². The van der Waals surface area contributed by atoms with Gasteiger partial charge in [-0.15, -0.1) is 0 Å². The van der Waals surface area contributed by atoms with Gasteiger partial charge >= 0.3 is 0 Å². The van der Waals surface area contributed by atoms with Crippen molar-refractivity contribution in [3.8, 4) is 0 Å². The topological polar surface area (TPSA) is 25.4 Å². The van der Waals surface area contributed by atoms with Crippen LogP contribution in [0.4, 0.5) is 0 Å². The number of piperidine rings is 1. The Bertz CT molecular complexity index is 623. The highest BCUT2D eigenvalue weighted by molar-refractivity contribution is 5.81. The van der Waals surface area contributed by atoms with E-state index >= 15 is 0 Å². The van der Waals surface area contributed by atoms with Gasteiger partial charge in [0, 0.05) is 24.2 Å². The Balaban J connectivity index is 1.41. The fourth-order valence-corrected chi connectivity index (χ4v) is 3.98. The Morgan fingerprint density at radius 2 is 1.95 bits per heavy atom. The molecular weight excluding hydrogens is 272 g/mol. The highest BCUT2D eigenvalue weighted by Crippen LogP contribution is 2.27. The molecule has 2 aromatic rings. The Hall–Kier alpha value is -1.45. The van der Waals surface area contributed by atoms with E-state index in [1.165, 1.54) is 49.7 Å². The molecule has 0 radical (unpaired) electrons. The van der Waals surface area contributed by atoms with Crippen LogP contribution in [0.1, 0.15) is 24.8 Å². The molecule has 116 valence electrons. The lowest BCUT2D eigenvalue weighted by Gasteiger charge is -2.35. The molecule has 2 aliphatic heterocycles. The van der Waals surface area contributed by atoms with E-state index in [1.807, 2.05) is 6.20 Å². The molecule has 0 aliphatic carbocycles. The minimum atomic E-state index is 0.683. The number of hydrogen-bond donors (Lipinski definition) is 0. The van der Waals surface area contributed by atoms with Crippen LogP contribution in [-0.2, 0) is 11.2 Å². The van der Waals surface area contributed by atoms with Gasteiger partial charge in [-0.05, 0) is 62.4 Å². The molecule has 1 aromatic heterocycles. The predicted molar refractivity (Wildman–Crippen MR) is 89.0 cm³/mol. The highest BCUT2D eigenvalue weighted by Gasteiger charge is 2.27. The Kier molecular flexibility index (Phi) is 4.09. The normalized spacial score (nSPS) is 24.1. The van der Waals surface area contributed by atoms with Crippen LogP contribution in [0.3, 0.4) is 0 Å². The van der Waals surface area contributed by atoms with Crippen LogP contribution in [0.2, 0.25) is 0 Å². The standard InChI is InChI=1S/C19H24N2O/c1-2-4-19-18(3-1)16(5-9-20-19)13-15-6-10-21(11-7-15)17-8-12-22-14-17/h1-5,9,15,17H,6-8,10-14H2/t17-/m1/s1. The lowest BCUT2D eigenvalue weighted by atomic mass is 9.88. The molecule has 0 spiro atoms. The second kappa shape index (κ2) is 6.35. The molecule has 3 heteroatoms. The molecule has 3 heterocycles. The summed E-state index contributed by atoms with van der Waals surface area (Å²) in [4.78, 5) is 7.12. The molecule has 4 rings (SSSR count). The second-order valence-electron chi connectivity index (χ2n) is 6.69. The zero-order valence-electron chi connectivity index (χ0n) is 13.1. The third kappa shape index (κ3) is 2.88. The number of rotatable bonds is 3. The van der Waals surface area contributed by atoms with Gasteiger partial charge in [0.1, 0.15) is 0 Å². The van der Waals surface area contributed by atoms with Gasteiger partial charge in [0.25, 0.3) is 0 Å². The molecular formula is C19H24N2O. The van der Waals surface area contributed by atoms with Gasteiger partial charge in [0.15, 0.2) is 0 Å². The van der Waals surface area contributed by atoms with E-state index in [-0.39, 0.29) is 0 Å². The van der Waals surface area contributed by atoms with Crippen LogP contribution >= 0.6 is 0 Å². The second-order valence-corrected chi connectivity index (χ2v) is 6.69. The van der Waals surface area contributed by atoms with Crippen LogP contribution in [0.25, 0.3) is 10.9 Å². The third-order valence-electron chi connectivity index (χ3n) is 5.32. The van der Waals surface area contributed by atoms with Crippen molar-refractivity contribution < 1.29 is 4.74 Å². The zero-order chi connectivity index (χ0) is 14.8. The van der Waals surface area contributed by atoms with Gasteiger partial charge < -0.3 is 4.74 Å². The minimum absolute atomic E-state index is 0.683. The van der Waals surface area contributed by atoms with Crippen LogP contribution in [-0.4, -0.2) is 42.2 Å². The number of benzene rings is 1. The fourth-order valence-electron chi connectivity index (χ4n) is 3.98. The first kappa shape index (κ1) is 14.2. The number of nitrogens with zero attached hydrogens (tertiary/aromatic N) is 2. The van der Waals surface area contributed by atoms with Gasteiger partial charge in [-0.1, -0.05) is 18.2 Å². The molecule has 3 nitrogen and oxygen atoms in total. The number of pyridine rings is 1. The summed E-state index contributed by atoms with van der Waals surface area (Å²) in [6.07, 6.45) is 7.00. The monoisotopic (exact) mass is 296 g/mol. The lowest BCUT2D eigenvalue weighted by molar-refractivity contribution is 0.110. The molecule has 2 saturated heterocycles. The summed E-state index contributed by atoms with van der Waals surface area (Å²) in [5, 5.41) is 1.33. The van der Waals surface area contributed by atoms with Crippen LogP contribution in [0.5, 0.6) is 0 Å². The van der Waals surface area contributed by atoms with Crippen molar-refractivity contribution in [1.82, 2.24) is 9.88 Å². The maximum Gasteiger partial charge on any atom is 0.0704 e. The first-order valence-electron chi connectivity index (χ1n) is 8.54. The smallest absolute Gasteiger partial charge is 0.0704 e. The Labute approximate surface area is 132 Å². The SMILES string of the molecule is c1ccc2c(CC3CCN([C@@H]4CCOC4)CC3)ccnc2c1. The Morgan fingerprint density at radius 3 is 2.77 bits per heavy atom. The number of para-hydroxylation sites is 1. The number of aromatic nitrogens is 1. The number of hydrogen-bond acceptors (Lipinski definition) is 3. The number of ether oxygens (including phenoxy) is 1.